The summed E-state index contributed by atoms with van der Waals surface area (Å²) in [6, 6.07) is 10.0. The number of nitrogens with zero attached hydrogens (tertiary/aromatic N) is 3. The number of rotatable bonds is 4. The highest BCUT2D eigenvalue weighted by Crippen LogP contribution is 2.23. The lowest BCUT2D eigenvalue weighted by Gasteiger charge is -2.39. The van der Waals surface area contributed by atoms with Gasteiger partial charge in [0.2, 0.25) is 0 Å². The van der Waals surface area contributed by atoms with Gasteiger partial charge in [0.05, 0.1) is 24.7 Å². The van der Waals surface area contributed by atoms with Crippen molar-refractivity contribution >= 4 is 6.03 Å². The first kappa shape index (κ1) is 16.6. The zero-order valence-corrected chi connectivity index (χ0v) is 14.2. The normalized spacial score (nSPS) is 23.7. The Kier molecular flexibility index (Phi) is 4.91. The second-order valence-corrected chi connectivity index (χ2v) is 6.86. The van der Waals surface area contributed by atoms with Gasteiger partial charge in [0.25, 0.3) is 0 Å². The van der Waals surface area contributed by atoms with Crippen LogP contribution in [0.25, 0.3) is 0 Å². The van der Waals surface area contributed by atoms with Gasteiger partial charge < -0.3 is 19.9 Å². The van der Waals surface area contributed by atoms with Crippen LogP contribution in [0, 0.1) is 11.3 Å². The van der Waals surface area contributed by atoms with Crippen LogP contribution in [0.4, 0.5) is 4.79 Å². The topological polar surface area (TPSA) is 68.6 Å². The second kappa shape index (κ2) is 7.10. The molecule has 2 aliphatic rings. The Bertz CT molecular complexity index is 617. The number of likely N-dealkylation sites (tertiary alicyclic amines) is 1. The molecule has 1 aliphatic heterocycles. The summed E-state index contributed by atoms with van der Waals surface area (Å²) in [6.07, 6.45) is 3.25. The largest absolute Gasteiger partial charge is 0.487 e. The number of carbonyl (C=O) groups excluding carboxylic acids is 1. The summed E-state index contributed by atoms with van der Waals surface area (Å²) in [5.41, 5.74) is 0.615. The third-order valence-corrected chi connectivity index (χ3v) is 4.88. The van der Waals surface area contributed by atoms with Gasteiger partial charge in [0.1, 0.15) is 11.9 Å². The maximum Gasteiger partial charge on any atom is 0.317 e. The van der Waals surface area contributed by atoms with Crippen LogP contribution < -0.4 is 10.1 Å². The van der Waals surface area contributed by atoms with Crippen molar-refractivity contribution in [1.29, 1.82) is 5.26 Å². The van der Waals surface area contributed by atoms with Crippen molar-refractivity contribution in [2.75, 3.05) is 27.2 Å². The number of nitrogens with one attached hydrogen (secondary N) is 1. The standard InChI is InChI=1S/C18H24N4O2/c1-21(2)15-6-5-14(9-15)20-18(23)22-11-17(12-22)24-16-7-3-13(10-19)4-8-16/h3-4,7-8,14-15,17H,5-6,9,11-12H2,1-2H3,(H,20,23)/t14-,15-/m1/s1. The van der Waals surface area contributed by atoms with Gasteiger partial charge in [0, 0.05) is 12.1 Å². The Morgan fingerprint density at radius 3 is 2.58 bits per heavy atom. The average molecular weight is 328 g/mol. The lowest BCUT2D eigenvalue weighted by Crippen LogP contribution is -2.59. The third kappa shape index (κ3) is 3.80. The molecule has 2 amide bonds. The van der Waals surface area contributed by atoms with Crippen LogP contribution in [0.1, 0.15) is 24.8 Å². The third-order valence-electron chi connectivity index (χ3n) is 4.88. The van der Waals surface area contributed by atoms with E-state index in [2.05, 4.69) is 30.4 Å². The zero-order chi connectivity index (χ0) is 17.1. The second-order valence-electron chi connectivity index (χ2n) is 6.86. The number of hydrogen-bond donors (Lipinski definition) is 1. The molecule has 3 rings (SSSR count). The monoisotopic (exact) mass is 328 g/mol. The van der Waals surface area contributed by atoms with Gasteiger partial charge in [-0.25, -0.2) is 4.79 Å². The van der Waals surface area contributed by atoms with E-state index >= 15 is 0 Å². The van der Waals surface area contributed by atoms with Crippen molar-refractivity contribution in [1.82, 2.24) is 15.1 Å². The summed E-state index contributed by atoms with van der Waals surface area (Å²) < 4.78 is 5.81. The molecule has 24 heavy (non-hydrogen) atoms. The van der Waals surface area contributed by atoms with Crippen molar-refractivity contribution < 1.29 is 9.53 Å². The van der Waals surface area contributed by atoms with Gasteiger partial charge >= 0.3 is 6.03 Å². The first-order chi connectivity index (χ1) is 11.5. The molecule has 1 saturated heterocycles. The summed E-state index contributed by atoms with van der Waals surface area (Å²) in [5, 5.41) is 11.9. The predicted molar refractivity (Wildman–Crippen MR) is 90.8 cm³/mol. The molecule has 2 fully saturated rings. The van der Waals surface area contributed by atoms with Crippen molar-refractivity contribution in [2.24, 2.45) is 0 Å². The number of nitriles is 1. The Hall–Kier alpha value is -2.26. The van der Waals surface area contributed by atoms with E-state index in [1.54, 1.807) is 29.2 Å². The Balaban J connectivity index is 1.40. The van der Waals surface area contributed by atoms with Crippen LogP contribution in [0.5, 0.6) is 5.75 Å². The van der Waals surface area contributed by atoms with Crippen molar-refractivity contribution in [3.63, 3.8) is 0 Å². The van der Waals surface area contributed by atoms with Crippen LogP contribution >= 0.6 is 0 Å². The highest BCUT2D eigenvalue weighted by Gasteiger charge is 2.34. The number of amides is 2. The summed E-state index contributed by atoms with van der Waals surface area (Å²) in [6.45, 7) is 1.21. The molecule has 0 spiro atoms. The maximum atomic E-state index is 12.2. The Labute approximate surface area is 143 Å². The highest BCUT2D eigenvalue weighted by atomic mass is 16.5. The average Bonchev–Trinajstić information content (AvgIpc) is 2.99. The minimum absolute atomic E-state index is 0.0130. The number of urea groups is 1. The Morgan fingerprint density at radius 2 is 2.00 bits per heavy atom. The van der Waals surface area contributed by atoms with Gasteiger partial charge in [-0.3, -0.25) is 0 Å². The minimum Gasteiger partial charge on any atom is -0.487 e. The van der Waals surface area contributed by atoms with Crippen LogP contribution in [-0.4, -0.2) is 61.2 Å². The van der Waals surface area contributed by atoms with E-state index in [9.17, 15) is 4.79 Å². The van der Waals surface area contributed by atoms with Crippen molar-refractivity contribution in [3.05, 3.63) is 29.8 Å². The molecule has 1 aromatic carbocycles. The number of ether oxygens (including phenoxy) is 1. The molecule has 0 unspecified atom stereocenters. The number of hydrogen-bond acceptors (Lipinski definition) is 4. The van der Waals surface area contributed by atoms with Gasteiger partial charge in [-0.1, -0.05) is 0 Å². The molecule has 6 nitrogen and oxygen atoms in total. The lowest BCUT2D eigenvalue weighted by atomic mass is 10.1. The molecule has 1 aromatic rings. The van der Waals surface area contributed by atoms with Crippen LogP contribution in [0.15, 0.2) is 24.3 Å². The van der Waals surface area contributed by atoms with E-state index in [1.807, 2.05) is 0 Å². The molecule has 1 saturated carbocycles. The van der Waals surface area contributed by atoms with Crippen LogP contribution in [0.2, 0.25) is 0 Å². The van der Waals surface area contributed by atoms with Crippen molar-refractivity contribution in [2.45, 2.75) is 37.5 Å². The van der Waals surface area contributed by atoms with Crippen LogP contribution in [0.3, 0.4) is 0 Å². The fourth-order valence-corrected chi connectivity index (χ4v) is 3.30. The smallest absolute Gasteiger partial charge is 0.317 e. The molecule has 2 atom stereocenters. The van der Waals surface area contributed by atoms with E-state index in [-0.39, 0.29) is 18.2 Å². The van der Waals surface area contributed by atoms with Gasteiger partial charge in [0.15, 0.2) is 0 Å². The fraction of sp³-hybridized carbons (Fsp3) is 0.556. The molecule has 0 radical (unpaired) electrons. The van der Waals surface area contributed by atoms with Gasteiger partial charge in [-0.2, -0.15) is 5.26 Å². The minimum atomic E-state index is 0.0130. The molecule has 6 heteroatoms. The number of benzene rings is 1. The summed E-state index contributed by atoms with van der Waals surface area (Å²) in [4.78, 5) is 16.3. The SMILES string of the molecule is CN(C)[C@@H]1CC[C@@H](NC(=O)N2CC(Oc3ccc(C#N)cc3)C2)C1. The first-order valence-electron chi connectivity index (χ1n) is 8.44. The number of carbonyl (C=O) groups is 1. The maximum absolute atomic E-state index is 12.2. The fourth-order valence-electron chi connectivity index (χ4n) is 3.30. The van der Waals surface area contributed by atoms with E-state index in [4.69, 9.17) is 10.00 Å². The molecule has 128 valence electrons. The van der Waals surface area contributed by atoms with Gasteiger partial charge in [-0.15, -0.1) is 0 Å². The van der Waals surface area contributed by atoms with E-state index < -0.39 is 0 Å². The predicted octanol–water partition coefficient (Wildman–Crippen LogP) is 1.81. The quantitative estimate of drug-likeness (QED) is 0.915. The summed E-state index contributed by atoms with van der Waals surface area (Å²) in [5.74, 6) is 0.740. The van der Waals surface area contributed by atoms with Crippen molar-refractivity contribution in [3.8, 4) is 11.8 Å². The Morgan fingerprint density at radius 1 is 1.29 bits per heavy atom. The molecule has 0 bridgehead atoms. The molecule has 1 heterocycles. The molecule has 1 aliphatic carbocycles. The lowest BCUT2D eigenvalue weighted by molar-refractivity contribution is 0.0434. The molecular formula is C18H24N4O2. The molecule has 0 aromatic heterocycles. The molecular weight excluding hydrogens is 304 g/mol. The first-order valence-corrected chi connectivity index (χ1v) is 8.44. The summed E-state index contributed by atoms with van der Waals surface area (Å²) >= 11 is 0. The highest BCUT2D eigenvalue weighted by molar-refractivity contribution is 5.75. The van der Waals surface area contributed by atoms with E-state index in [1.165, 1.54) is 0 Å². The summed E-state index contributed by atoms with van der Waals surface area (Å²) in [7, 11) is 4.19. The molecule has 1 N–H and O–H groups in total. The zero-order valence-electron chi connectivity index (χ0n) is 14.2. The van der Waals surface area contributed by atoms with Gasteiger partial charge in [-0.05, 0) is 57.6 Å². The van der Waals surface area contributed by atoms with E-state index in [0.717, 1.165) is 25.0 Å². The van der Waals surface area contributed by atoms with E-state index in [0.29, 0.717) is 24.7 Å². The van der Waals surface area contributed by atoms with Crippen LogP contribution in [-0.2, 0) is 0 Å².